The van der Waals surface area contributed by atoms with Crippen LogP contribution in [-0.4, -0.2) is 23.1 Å². The van der Waals surface area contributed by atoms with Gasteiger partial charge in [0.15, 0.2) is 0 Å². The summed E-state index contributed by atoms with van der Waals surface area (Å²) in [5, 5.41) is 0. The summed E-state index contributed by atoms with van der Waals surface area (Å²) >= 11 is 0. The van der Waals surface area contributed by atoms with E-state index < -0.39 is 0 Å². The van der Waals surface area contributed by atoms with Crippen molar-refractivity contribution in [2.45, 2.75) is 40.5 Å². The molecule has 0 rings (SSSR count). The molecule has 0 aliphatic heterocycles. The van der Waals surface area contributed by atoms with Crippen LogP contribution in [0.2, 0.25) is 0 Å². The molecule has 0 saturated heterocycles. The third kappa shape index (κ3) is 8.22. The van der Waals surface area contributed by atoms with Gasteiger partial charge in [0.1, 0.15) is 11.6 Å². The number of Topliss-reactive ketones (excluding diaryl/α,β-unsaturated/α-hetero) is 2. The first-order chi connectivity index (χ1) is 7.45. The Morgan fingerprint density at radius 1 is 0.812 bits per heavy atom. The summed E-state index contributed by atoms with van der Waals surface area (Å²) in [5.74, 6) is 2.66. The van der Waals surface area contributed by atoms with E-state index in [4.69, 9.17) is 0 Å². The zero-order valence-corrected chi connectivity index (χ0v) is 12.2. The second-order valence-electron chi connectivity index (χ2n) is 4.39. The first-order valence-electron chi connectivity index (χ1n) is 5.75. The fraction of sp³-hybridized carbons (Fsp3) is 0.833. The molecule has 0 fully saturated rings. The van der Waals surface area contributed by atoms with Crippen molar-refractivity contribution in [3.8, 4) is 0 Å². The molecule has 0 aromatic rings. The summed E-state index contributed by atoms with van der Waals surface area (Å²) in [5.41, 5.74) is 0. The molecule has 0 aromatic carbocycles. The van der Waals surface area contributed by atoms with Gasteiger partial charge >= 0.3 is 0 Å². The highest BCUT2D eigenvalue weighted by molar-refractivity contribution is 8.76. The average Bonchev–Trinajstić information content (AvgIpc) is 2.21. The van der Waals surface area contributed by atoms with E-state index in [9.17, 15) is 9.59 Å². The van der Waals surface area contributed by atoms with Crippen molar-refractivity contribution >= 4 is 33.2 Å². The number of hydrogen-bond acceptors (Lipinski definition) is 4. The van der Waals surface area contributed by atoms with Gasteiger partial charge in [-0.15, -0.1) is 0 Å². The maximum absolute atomic E-state index is 11.3. The Balaban J connectivity index is 3.35. The van der Waals surface area contributed by atoms with Crippen molar-refractivity contribution in [3.63, 3.8) is 0 Å². The molecule has 4 heteroatoms. The fourth-order valence-corrected chi connectivity index (χ4v) is 2.99. The molecule has 0 radical (unpaired) electrons. The van der Waals surface area contributed by atoms with E-state index in [-0.39, 0.29) is 11.8 Å². The van der Waals surface area contributed by atoms with Gasteiger partial charge in [-0.2, -0.15) is 0 Å². The van der Waals surface area contributed by atoms with Crippen LogP contribution in [0.4, 0.5) is 0 Å². The molecule has 0 N–H and O–H groups in total. The second-order valence-corrected chi connectivity index (χ2v) is 7.09. The predicted octanol–water partition coefficient (Wildman–Crippen LogP) is 3.60. The average molecular weight is 262 g/mol. The van der Waals surface area contributed by atoms with Crippen LogP contribution in [0.15, 0.2) is 0 Å². The zero-order chi connectivity index (χ0) is 12.6. The molecule has 0 bridgehead atoms. The SMILES string of the molecule is CC(C)C(=O)CCSSCCC(=O)C(C)C. The quantitative estimate of drug-likeness (QED) is 0.470. The normalized spacial score (nSPS) is 11.1. The molecule has 16 heavy (non-hydrogen) atoms. The van der Waals surface area contributed by atoms with Crippen molar-refractivity contribution < 1.29 is 9.59 Å². The third-order valence-corrected chi connectivity index (χ3v) is 4.64. The molecule has 0 aliphatic rings. The van der Waals surface area contributed by atoms with Crippen LogP contribution in [-0.2, 0) is 9.59 Å². The van der Waals surface area contributed by atoms with Gasteiger partial charge < -0.3 is 0 Å². The Kier molecular flexibility index (Phi) is 9.13. The van der Waals surface area contributed by atoms with E-state index in [1.54, 1.807) is 21.6 Å². The lowest BCUT2D eigenvalue weighted by molar-refractivity contribution is -0.122. The number of ketones is 2. The van der Waals surface area contributed by atoms with Crippen LogP contribution in [0.5, 0.6) is 0 Å². The van der Waals surface area contributed by atoms with Crippen LogP contribution in [0.25, 0.3) is 0 Å². The number of rotatable bonds is 9. The summed E-state index contributed by atoms with van der Waals surface area (Å²) in [6, 6.07) is 0. The summed E-state index contributed by atoms with van der Waals surface area (Å²) < 4.78 is 0. The van der Waals surface area contributed by atoms with Gasteiger partial charge in [0.2, 0.25) is 0 Å². The van der Waals surface area contributed by atoms with Crippen LogP contribution >= 0.6 is 21.6 Å². The van der Waals surface area contributed by atoms with Crippen molar-refractivity contribution in [1.29, 1.82) is 0 Å². The van der Waals surface area contributed by atoms with Crippen LogP contribution in [0.3, 0.4) is 0 Å². The van der Waals surface area contributed by atoms with Gasteiger partial charge in [0.25, 0.3) is 0 Å². The van der Waals surface area contributed by atoms with E-state index in [2.05, 4.69) is 0 Å². The van der Waals surface area contributed by atoms with E-state index in [1.165, 1.54) is 0 Å². The summed E-state index contributed by atoms with van der Waals surface area (Å²) in [7, 11) is 3.39. The Morgan fingerprint density at radius 3 is 1.38 bits per heavy atom. The molecule has 0 aliphatic carbocycles. The highest BCUT2D eigenvalue weighted by Crippen LogP contribution is 2.23. The molecular formula is C12H22O2S2. The third-order valence-electron chi connectivity index (χ3n) is 2.23. The van der Waals surface area contributed by atoms with Gasteiger partial charge in [-0.05, 0) is 0 Å². The zero-order valence-electron chi connectivity index (χ0n) is 10.6. The van der Waals surface area contributed by atoms with Crippen molar-refractivity contribution in [2.75, 3.05) is 11.5 Å². The van der Waals surface area contributed by atoms with Gasteiger partial charge in [0, 0.05) is 36.2 Å². The fourth-order valence-electron chi connectivity index (χ4n) is 0.980. The van der Waals surface area contributed by atoms with Gasteiger partial charge in [-0.25, -0.2) is 0 Å². The molecule has 0 aromatic heterocycles. The van der Waals surface area contributed by atoms with Crippen LogP contribution in [0, 0.1) is 11.8 Å². The summed E-state index contributed by atoms with van der Waals surface area (Å²) in [4.78, 5) is 22.6. The Labute approximate surface area is 107 Å². The molecule has 0 atom stereocenters. The molecule has 0 spiro atoms. The van der Waals surface area contributed by atoms with Crippen LogP contribution < -0.4 is 0 Å². The highest BCUT2D eigenvalue weighted by atomic mass is 33.1. The van der Waals surface area contributed by atoms with Crippen molar-refractivity contribution in [1.82, 2.24) is 0 Å². The van der Waals surface area contributed by atoms with Gasteiger partial charge in [0.05, 0.1) is 0 Å². The standard InChI is InChI=1S/C12H22O2S2/c1-9(2)11(13)5-7-15-16-8-6-12(14)10(3)4/h9-10H,5-8H2,1-4H3. The predicted molar refractivity (Wildman–Crippen MR) is 73.8 cm³/mol. The van der Waals surface area contributed by atoms with Gasteiger partial charge in [-0.3, -0.25) is 9.59 Å². The van der Waals surface area contributed by atoms with Gasteiger partial charge in [-0.1, -0.05) is 49.3 Å². The molecule has 2 nitrogen and oxygen atoms in total. The van der Waals surface area contributed by atoms with E-state index in [0.29, 0.717) is 24.4 Å². The second kappa shape index (κ2) is 9.11. The lowest BCUT2D eigenvalue weighted by atomic mass is 10.1. The lowest BCUT2D eigenvalue weighted by Gasteiger charge is -2.04. The van der Waals surface area contributed by atoms with Crippen molar-refractivity contribution in [3.05, 3.63) is 0 Å². The Morgan fingerprint density at radius 2 is 1.12 bits per heavy atom. The number of hydrogen-bond donors (Lipinski definition) is 0. The Hall–Kier alpha value is 0.0400. The first kappa shape index (κ1) is 16.0. The number of carbonyl (C=O) groups excluding carboxylic acids is 2. The molecule has 94 valence electrons. The Bertz CT molecular complexity index is 201. The monoisotopic (exact) mass is 262 g/mol. The minimum atomic E-state index is 0.146. The van der Waals surface area contributed by atoms with E-state index in [1.807, 2.05) is 27.7 Å². The highest BCUT2D eigenvalue weighted by Gasteiger charge is 2.08. The summed E-state index contributed by atoms with van der Waals surface area (Å²) in [6.45, 7) is 7.73. The molecule has 0 unspecified atom stereocenters. The maximum Gasteiger partial charge on any atom is 0.136 e. The first-order valence-corrected chi connectivity index (χ1v) is 8.23. The van der Waals surface area contributed by atoms with Crippen LogP contribution in [0.1, 0.15) is 40.5 Å². The topological polar surface area (TPSA) is 34.1 Å². The van der Waals surface area contributed by atoms with E-state index in [0.717, 1.165) is 11.5 Å². The number of carbonyl (C=O) groups is 2. The molecular weight excluding hydrogens is 240 g/mol. The molecule has 0 heterocycles. The minimum absolute atomic E-state index is 0.146. The largest absolute Gasteiger partial charge is 0.299 e. The van der Waals surface area contributed by atoms with Crippen molar-refractivity contribution in [2.24, 2.45) is 11.8 Å². The molecule has 0 amide bonds. The van der Waals surface area contributed by atoms with E-state index >= 15 is 0 Å². The lowest BCUT2D eigenvalue weighted by Crippen LogP contribution is -2.08. The minimum Gasteiger partial charge on any atom is -0.299 e. The molecule has 0 saturated carbocycles. The summed E-state index contributed by atoms with van der Waals surface area (Å²) in [6.07, 6.45) is 1.29. The maximum atomic E-state index is 11.3. The smallest absolute Gasteiger partial charge is 0.136 e.